The van der Waals surface area contributed by atoms with Gasteiger partial charge in [0.25, 0.3) is 0 Å². The van der Waals surface area contributed by atoms with Crippen molar-refractivity contribution in [3.8, 4) is 5.75 Å². The molecule has 0 saturated carbocycles. The smallest absolute Gasteiger partial charge is 0.338 e. The molecule has 0 aliphatic rings. The molecule has 0 aromatic heterocycles. The number of carbonyl (C=O) groups excluding carboxylic acids is 1. The van der Waals surface area contributed by atoms with Gasteiger partial charge in [-0.15, -0.1) is 0 Å². The zero-order valence-corrected chi connectivity index (χ0v) is 14.6. The van der Waals surface area contributed by atoms with Crippen LogP contribution in [0.3, 0.4) is 0 Å². The number of rotatable bonds is 4. The third kappa shape index (κ3) is 3.54. The van der Waals surface area contributed by atoms with E-state index < -0.39 is 0 Å². The zero-order valence-electron chi connectivity index (χ0n) is 13.0. The molecule has 1 aromatic rings. The van der Waals surface area contributed by atoms with E-state index in [9.17, 15) is 4.79 Å². The van der Waals surface area contributed by atoms with Gasteiger partial charge in [0.1, 0.15) is 11.4 Å². The van der Waals surface area contributed by atoms with Crippen LogP contribution < -0.4 is 4.74 Å². The Balaban J connectivity index is 3.23. The van der Waals surface area contributed by atoms with Crippen LogP contribution in [0.4, 0.5) is 0 Å². The van der Waals surface area contributed by atoms with Gasteiger partial charge < -0.3 is 9.47 Å². The summed E-state index contributed by atoms with van der Waals surface area (Å²) >= 11 is 3.43. The van der Waals surface area contributed by atoms with Gasteiger partial charge in [-0.25, -0.2) is 4.79 Å². The highest BCUT2D eigenvalue weighted by Crippen LogP contribution is 2.36. The van der Waals surface area contributed by atoms with E-state index in [1.807, 2.05) is 12.1 Å². The van der Waals surface area contributed by atoms with E-state index in [2.05, 4.69) is 50.5 Å². The first-order valence-corrected chi connectivity index (χ1v) is 7.71. The number of hydrogen-bond donors (Lipinski definition) is 0. The van der Waals surface area contributed by atoms with Gasteiger partial charge in [0, 0.05) is 16.3 Å². The van der Waals surface area contributed by atoms with Gasteiger partial charge in [0.05, 0.1) is 12.7 Å². The van der Waals surface area contributed by atoms with Gasteiger partial charge in [-0.2, -0.15) is 0 Å². The Morgan fingerprint density at radius 1 is 1.20 bits per heavy atom. The standard InChI is InChI=1S/C16H23BrO3/c1-15(2,3)16(4,5)20-13-9-7-8-11(12(13)10-17)14(18)19-6/h7-9H,10H2,1-6H3. The van der Waals surface area contributed by atoms with Crippen molar-refractivity contribution in [1.82, 2.24) is 0 Å². The van der Waals surface area contributed by atoms with Crippen LogP contribution in [0.15, 0.2) is 18.2 Å². The van der Waals surface area contributed by atoms with Gasteiger partial charge >= 0.3 is 5.97 Å². The van der Waals surface area contributed by atoms with E-state index in [1.165, 1.54) is 7.11 Å². The lowest BCUT2D eigenvalue weighted by atomic mass is 9.79. The molecule has 20 heavy (non-hydrogen) atoms. The molecule has 0 aliphatic carbocycles. The molecule has 0 fully saturated rings. The van der Waals surface area contributed by atoms with E-state index in [-0.39, 0.29) is 17.0 Å². The minimum Gasteiger partial charge on any atom is -0.487 e. The molecular weight excluding hydrogens is 320 g/mol. The van der Waals surface area contributed by atoms with Crippen molar-refractivity contribution in [3.05, 3.63) is 29.3 Å². The number of alkyl halides is 1. The van der Waals surface area contributed by atoms with E-state index in [1.54, 1.807) is 6.07 Å². The summed E-state index contributed by atoms with van der Waals surface area (Å²) in [6, 6.07) is 5.45. The summed E-state index contributed by atoms with van der Waals surface area (Å²) in [4.78, 5) is 11.8. The first kappa shape index (κ1) is 17.0. The molecule has 1 aromatic carbocycles. The highest BCUT2D eigenvalue weighted by atomic mass is 79.9. The Kier molecular flexibility index (Phi) is 5.25. The molecule has 0 saturated heterocycles. The van der Waals surface area contributed by atoms with Gasteiger partial charge in [0.2, 0.25) is 0 Å². The number of hydrogen-bond acceptors (Lipinski definition) is 3. The Bertz CT molecular complexity index is 487. The van der Waals surface area contributed by atoms with Crippen molar-refractivity contribution in [3.63, 3.8) is 0 Å². The van der Waals surface area contributed by atoms with Crippen LogP contribution in [0.25, 0.3) is 0 Å². The molecule has 0 N–H and O–H groups in total. The number of ether oxygens (including phenoxy) is 2. The minimum atomic E-state index is -0.362. The third-order valence-corrected chi connectivity index (χ3v) is 4.40. The van der Waals surface area contributed by atoms with Crippen molar-refractivity contribution in [2.45, 2.75) is 45.5 Å². The maximum absolute atomic E-state index is 11.8. The zero-order chi connectivity index (χ0) is 15.6. The largest absolute Gasteiger partial charge is 0.487 e. The first-order chi connectivity index (χ1) is 9.14. The monoisotopic (exact) mass is 342 g/mol. The van der Waals surface area contributed by atoms with Crippen LogP contribution in [0.2, 0.25) is 0 Å². The Morgan fingerprint density at radius 2 is 1.80 bits per heavy atom. The fourth-order valence-electron chi connectivity index (χ4n) is 1.53. The fraction of sp³-hybridized carbons (Fsp3) is 0.562. The summed E-state index contributed by atoms with van der Waals surface area (Å²) in [5.41, 5.74) is 0.958. The summed E-state index contributed by atoms with van der Waals surface area (Å²) < 4.78 is 11.0. The van der Waals surface area contributed by atoms with Gasteiger partial charge in [-0.3, -0.25) is 0 Å². The molecule has 0 heterocycles. The lowest BCUT2D eigenvalue weighted by molar-refractivity contribution is 0.0000815. The molecule has 112 valence electrons. The molecule has 4 heteroatoms. The second-order valence-electron chi connectivity index (χ2n) is 6.27. The molecule has 0 spiro atoms. The average molecular weight is 343 g/mol. The Hall–Kier alpha value is -1.03. The molecule has 0 aliphatic heterocycles. The number of benzene rings is 1. The Morgan fingerprint density at radius 3 is 2.25 bits per heavy atom. The van der Waals surface area contributed by atoms with Crippen molar-refractivity contribution in [2.75, 3.05) is 7.11 Å². The number of esters is 1. The quantitative estimate of drug-likeness (QED) is 0.593. The van der Waals surface area contributed by atoms with E-state index in [0.717, 1.165) is 5.56 Å². The number of halogens is 1. The SMILES string of the molecule is COC(=O)c1cccc(OC(C)(C)C(C)(C)C)c1CBr. The van der Waals surface area contributed by atoms with Gasteiger partial charge in [-0.1, -0.05) is 42.8 Å². The van der Waals surface area contributed by atoms with Gasteiger partial charge in [-0.05, 0) is 26.0 Å². The van der Waals surface area contributed by atoms with Gasteiger partial charge in [0.15, 0.2) is 0 Å². The molecule has 0 bridgehead atoms. The van der Waals surface area contributed by atoms with Crippen molar-refractivity contribution >= 4 is 21.9 Å². The molecule has 0 atom stereocenters. The number of methoxy groups -OCH3 is 1. The summed E-state index contributed by atoms with van der Waals surface area (Å²) in [6.07, 6.45) is 0. The van der Waals surface area contributed by atoms with Crippen molar-refractivity contribution < 1.29 is 14.3 Å². The number of carbonyl (C=O) groups is 1. The summed E-state index contributed by atoms with van der Waals surface area (Å²) in [5, 5.41) is 0.536. The van der Waals surface area contributed by atoms with Crippen LogP contribution in [0, 0.1) is 5.41 Å². The predicted molar refractivity (Wildman–Crippen MR) is 84.6 cm³/mol. The highest BCUT2D eigenvalue weighted by Gasteiger charge is 2.35. The fourth-order valence-corrected chi connectivity index (χ4v) is 2.11. The normalized spacial score (nSPS) is 12.2. The maximum atomic E-state index is 11.8. The topological polar surface area (TPSA) is 35.5 Å². The molecule has 3 nitrogen and oxygen atoms in total. The van der Waals surface area contributed by atoms with E-state index in [4.69, 9.17) is 9.47 Å². The predicted octanol–water partition coefficient (Wildman–Crippen LogP) is 4.57. The van der Waals surface area contributed by atoms with Crippen LogP contribution in [-0.4, -0.2) is 18.7 Å². The highest BCUT2D eigenvalue weighted by molar-refractivity contribution is 9.08. The van der Waals surface area contributed by atoms with E-state index in [0.29, 0.717) is 16.6 Å². The molecular formula is C16H23BrO3. The summed E-state index contributed by atoms with van der Waals surface area (Å²) in [7, 11) is 1.38. The second kappa shape index (κ2) is 6.17. The van der Waals surface area contributed by atoms with E-state index >= 15 is 0 Å². The van der Waals surface area contributed by atoms with Crippen molar-refractivity contribution in [2.24, 2.45) is 5.41 Å². The van der Waals surface area contributed by atoms with Crippen LogP contribution in [0.5, 0.6) is 5.75 Å². The minimum absolute atomic E-state index is 0.0299. The van der Waals surface area contributed by atoms with Crippen LogP contribution >= 0.6 is 15.9 Å². The van der Waals surface area contributed by atoms with Crippen molar-refractivity contribution in [1.29, 1.82) is 0 Å². The van der Waals surface area contributed by atoms with Crippen LogP contribution in [0.1, 0.15) is 50.5 Å². The molecule has 1 rings (SSSR count). The average Bonchev–Trinajstić information content (AvgIpc) is 2.35. The lowest BCUT2D eigenvalue weighted by Crippen LogP contribution is -2.42. The first-order valence-electron chi connectivity index (χ1n) is 6.59. The maximum Gasteiger partial charge on any atom is 0.338 e. The summed E-state index contributed by atoms with van der Waals surface area (Å²) in [5.74, 6) is 0.364. The Labute approximate surface area is 129 Å². The molecule has 0 amide bonds. The summed E-state index contributed by atoms with van der Waals surface area (Å²) in [6.45, 7) is 10.5. The van der Waals surface area contributed by atoms with Crippen LogP contribution in [-0.2, 0) is 10.1 Å². The second-order valence-corrected chi connectivity index (χ2v) is 6.83. The molecule has 0 unspecified atom stereocenters. The molecule has 0 radical (unpaired) electrons. The lowest BCUT2D eigenvalue weighted by Gasteiger charge is -2.39. The third-order valence-electron chi connectivity index (χ3n) is 3.84.